The van der Waals surface area contributed by atoms with E-state index in [-0.39, 0.29) is 6.10 Å². The number of H-pyrrole nitrogens is 1. The van der Waals surface area contributed by atoms with Crippen molar-refractivity contribution in [3.63, 3.8) is 0 Å². The first-order valence-corrected chi connectivity index (χ1v) is 8.34. The van der Waals surface area contributed by atoms with Gasteiger partial charge in [0.05, 0.1) is 6.10 Å². The van der Waals surface area contributed by atoms with Crippen LogP contribution in [0.3, 0.4) is 0 Å². The van der Waals surface area contributed by atoms with E-state index in [0.29, 0.717) is 5.92 Å². The van der Waals surface area contributed by atoms with E-state index >= 15 is 0 Å². The average molecular weight is 306 g/mol. The molecule has 1 aliphatic heterocycles. The van der Waals surface area contributed by atoms with Crippen molar-refractivity contribution in [3.05, 3.63) is 71.9 Å². The molecule has 1 aliphatic rings. The summed E-state index contributed by atoms with van der Waals surface area (Å²) in [6, 6.07) is 19.2. The Kier molecular flexibility index (Phi) is 4.14. The monoisotopic (exact) mass is 306 g/mol. The van der Waals surface area contributed by atoms with Gasteiger partial charge in [0.25, 0.3) is 0 Å². The Morgan fingerprint density at radius 3 is 2.87 bits per heavy atom. The van der Waals surface area contributed by atoms with E-state index in [0.717, 1.165) is 26.1 Å². The fourth-order valence-electron chi connectivity index (χ4n) is 3.54. The number of benzene rings is 2. The molecule has 1 saturated heterocycles. The number of rotatable bonds is 5. The second-order valence-corrected chi connectivity index (χ2v) is 6.24. The highest BCUT2D eigenvalue weighted by atomic mass is 16.5. The minimum atomic E-state index is 0.227. The van der Waals surface area contributed by atoms with Gasteiger partial charge in [-0.2, -0.15) is 0 Å². The number of aromatic nitrogens is 1. The lowest BCUT2D eigenvalue weighted by Gasteiger charge is -2.19. The zero-order valence-corrected chi connectivity index (χ0v) is 13.2. The van der Waals surface area contributed by atoms with Gasteiger partial charge in [-0.05, 0) is 29.0 Å². The van der Waals surface area contributed by atoms with Crippen molar-refractivity contribution in [2.24, 2.45) is 5.92 Å². The number of ether oxygens (including phenoxy) is 1. The highest BCUT2D eigenvalue weighted by molar-refractivity contribution is 5.82. The molecule has 0 bridgehead atoms. The van der Waals surface area contributed by atoms with Gasteiger partial charge in [-0.25, -0.2) is 0 Å². The number of fused-ring (bicyclic) bond motifs is 1. The van der Waals surface area contributed by atoms with Crippen molar-refractivity contribution in [2.45, 2.75) is 19.1 Å². The largest absolute Gasteiger partial charge is 0.373 e. The van der Waals surface area contributed by atoms with Crippen LogP contribution in [0.25, 0.3) is 10.9 Å². The maximum Gasteiger partial charge on any atom is 0.0866 e. The van der Waals surface area contributed by atoms with E-state index in [1.54, 1.807) is 0 Å². The summed E-state index contributed by atoms with van der Waals surface area (Å²) >= 11 is 0. The highest BCUT2D eigenvalue weighted by Gasteiger charge is 2.29. The molecule has 0 aliphatic carbocycles. The maximum atomic E-state index is 5.97. The van der Waals surface area contributed by atoms with Crippen molar-refractivity contribution >= 4 is 10.9 Å². The molecule has 0 radical (unpaired) electrons. The quantitative estimate of drug-likeness (QED) is 0.746. The Bertz CT molecular complexity index is 765. The average Bonchev–Trinajstić information content (AvgIpc) is 3.25. The molecule has 1 aromatic heterocycles. The molecule has 3 aromatic rings. The van der Waals surface area contributed by atoms with Crippen LogP contribution in [-0.2, 0) is 11.3 Å². The van der Waals surface area contributed by atoms with E-state index in [4.69, 9.17) is 4.74 Å². The van der Waals surface area contributed by atoms with Crippen molar-refractivity contribution < 1.29 is 4.74 Å². The van der Waals surface area contributed by atoms with E-state index in [2.05, 4.69) is 64.9 Å². The number of aromatic amines is 1. The smallest absolute Gasteiger partial charge is 0.0866 e. The van der Waals surface area contributed by atoms with Crippen molar-refractivity contribution in [3.8, 4) is 0 Å². The third-order valence-electron chi connectivity index (χ3n) is 4.74. The predicted molar refractivity (Wildman–Crippen MR) is 93.2 cm³/mol. The molecule has 0 saturated carbocycles. The van der Waals surface area contributed by atoms with Gasteiger partial charge in [-0.3, -0.25) is 0 Å². The van der Waals surface area contributed by atoms with Gasteiger partial charge in [0.2, 0.25) is 0 Å². The van der Waals surface area contributed by atoms with Crippen LogP contribution in [0.1, 0.15) is 23.7 Å². The van der Waals surface area contributed by atoms with E-state index in [9.17, 15) is 0 Å². The summed E-state index contributed by atoms with van der Waals surface area (Å²) < 4.78 is 5.97. The molecule has 1 fully saturated rings. The molecule has 2 atom stereocenters. The molecule has 0 spiro atoms. The van der Waals surface area contributed by atoms with Crippen LogP contribution < -0.4 is 5.32 Å². The molecule has 0 unspecified atom stereocenters. The Morgan fingerprint density at radius 2 is 1.96 bits per heavy atom. The normalized spacial score (nSPS) is 21.0. The summed E-state index contributed by atoms with van der Waals surface area (Å²) in [6.45, 7) is 2.73. The molecular weight excluding hydrogens is 284 g/mol. The van der Waals surface area contributed by atoms with Crippen LogP contribution in [0.5, 0.6) is 0 Å². The summed E-state index contributed by atoms with van der Waals surface area (Å²) in [4.78, 5) is 3.34. The predicted octanol–water partition coefficient (Wildman–Crippen LogP) is 4.04. The molecule has 3 nitrogen and oxygen atoms in total. The standard InChI is InChI=1S/C20H22N2O/c1-2-5-16(6-3-1)20-18(10-12-23-20)14-21-13-17-8-4-7-15-9-11-22-19(15)17/h1-9,11,18,20-22H,10,12-14H2/t18-,20-/m1/s1. The number of hydrogen-bond donors (Lipinski definition) is 2. The third-order valence-corrected chi connectivity index (χ3v) is 4.74. The van der Waals surface area contributed by atoms with Crippen LogP contribution in [0.15, 0.2) is 60.8 Å². The first-order valence-electron chi connectivity index (χ1n) is 8.34. The summed E-state index contributed by atoms with van der Waals surface area (Å²) in [5.41, 5.74) is 3.85. The van der Waals surface area contributed by atoms with Crippen LogP contribution >= 0.6 is 0 Å². The number of hydrogen-bond acceptors (Lipinski definition) is 2. The minimum Gasteiger partial charge on any atom is -0.373 e. The van der Waals surface area contributed by atoms with Crippen LogP contribution in [0, 0.1) is 5.92 Å². The second-order valence-electron chi connectivity index (χ2n) is 6.24. The van der Waals surface area contributed by atoms with Gasteiger partial charge >= 0.3 is 0 Å². The summed E-state index contributed by atoms with van der Waals surface area (Å²) in [6.07, 6.45) is 3.36. The fraction of sp³-hybridized carbons (Fsp3) is 0.300. The van der Waals surface area contributed by atoms with Crippen LogP contribution in [0.2, 0.25) is 0 Å². The molecule has 4 rings (SSSR count). The molecule has 118 valence electrons. The maximum absolute atomic E-state index is 5.97. The van der Waals surface area contributed by atoms with Gasteiger partial charge in [0.15, 0.2) is 0 Å². The van der Waals surface area contributed by atoms with E-state index in [1.807, 2.05) is 6.20 Å². The lowest BCUT2D eigenvalue weighted by atomic mass is 9.95. The van der Waals surface area contributed by atoms with Crippen molar-refractivity contribution in [2.75, 3.05) is 13.2 Å². The van der Waals surface area contributed by atoms with Crippen molar-refractivity contribution in [1.82, 2.24) is 10.3 Å². The van der Waals surface area contributed by atoms with Crippen LogP contribution in [-0.4, -0.2) is 18.1 Å². The minimum absolute atomic E-state index is 0.227. The zero-order valence-electron chi connectivity index (χ0n) is 13.2. The molecule has 2 N–H and O–H groups in total. The lowest BCUT2D eigenvalue weighted by Crippen LogP contribution is -2.24. The highest BCUT2D eigenvalue weighted by Crippen LogP contribution is 2.33. The van der Waals surface area contributed by atoms with Crippen molar-refractivity contribution in [1.29, 1.82) is 0 Å². The Hall–Kier alpha value is -2.10. The molecule has 2 aromatic carbocycles. The SMILES string of the molecule is c1ccc([C@H]2OCC[C@@H]2CNCc2cccc3cc[nH]c23)cc1. The van der Waals surface area contributed by atoms with Gasteiger partial charge in [0.1, 0.15) is 0 Å². The van der Waals surface area contributed by atoms with Gasteiger partial charge < -0.3 is 15.0 Å². The first kappa shape index (κ1) is 14.5. The summed E-state index contributed by atoms with van der Waals surface area (Å²) in [5, 5.41) is 4.90. The Balaban J connectivity index is 1.40. The summed E-state index contributed by atoms with van der Waals surface area (Å²) in [7, 11) is 0. The zero-order chi connectivity index (χ0) is 15.5. The molecule has 0 amide bonds. The van der Waals surface area contributed by atoms with Gasteiger partial charge in [-0.15, -0.1) is 0 Å². The molecule has 2 heterocycles. The first-order chi connectivity index (χ1) is 11.4. The number of nitrogens with one attached hydrogen (secondary N) is 2. The Labute approximate surface area is 136 Å². The van der Waals surface area contributed by atoms with E-state index in [1.165, 1.54) is 22.0 Å². The second kappa shape index (κ2) is 6.57. The van der Waals surface area contributed by atoms with E-state index < -0.39 is 0 Å². The molecule has 23 heavy (non-hydrogen) atoms. The molecule has 3 heteroatoms. The Morgan fingerprint density at radius 1 is 1.04 bits per heavy atom. The van der Waals surface area contributed by atoms with Gasteiger partial charge in [-0.1, -0.05) is 48.5 Å². The lowest BCUT2D eigenvalue weighted by molar-refractivity contribution is 0.0904. The van der Waals surface area contributed by atoms with Gasteiger partial charge in [0, 0.05) is 37.3 Å². The number of para-hydroxylation sites is 1. The van der Waals surface area contributed by atoms with Crippen LogP contribution in [0.4, 0.5) is 0 Å². The summed E-state index contributed by atoms with van der Waals surface area (Å²) in [5.74, 6) is 0.542. The molecular formula is C20H22N2O. The fourth-order valence-corrected chi connectivity index (χ4v) is 3.54. The third kappa shape index (κ3) is 3.03. The topological polar surface area (TPSA) is 37.0 Å².